The summed E-state index contributed by atoms with van der Waals surface area (Å²) in [5.41, 5.74) is 0. The van der Waals surface area contributed by atoms with Crippen molar-refractivity contribution in [2.75, 3.05) is 0 Å². The van der Waals surface area contributed by atoms with E-state index in [1.807, 2.05) is 19.9 Å². The van der Waals surface area contributed by atoms with Crippen molar-refractivity contribution in [3.05, 3.63) is 28.0 Å². The van der Waals surface area contributed by atoms with Gasteiger partial charge in [0.2, 0.25) is 0 Å². The summed E-state index contributed by atoms with van der Waals surface area (Å²) < 4.78 is 0. The monoisotopic (exact) mass is 162 g/mol. The maximum atomic E-state index is 3.02. The van der Waals surface area contributed by atoms with Gasteiger partial charge in [0.05, 0.1) is 4.88 Å². The van der Waals surface area contributed by atoms with Gasteiger partial charge in [-0.15, -0.1) is 17.3 Å². The molecule has 0 atom stereocenters. The van der Waals surface area contributed by atoms with Gasteiger partial charge in [-0.1, -0.05) is 12.0 Å². The Bertz CT molecular complexity index is 307. The first-order valence-corrected chi connectivity index (χ1v) is 4.33. The highest BCUT2D eigenvalue weighted by Crippen LogP contribution is 2.16. The Hall–Kier alpha value is -1.00. The van der Waals surface area contributed by atoms with Gasteiger partial charge in [0.25, 0.3) is 0 Å². The Morgan fingerprint density at radius 2 is 2.27 bits per heavy atom. The molecule has 0 saturated carbocycles. The molecule has 1 aromatic heterocycles. The minimum Gasteiger partial charge on any atom is -0.127 e. The molecule has 1 aromatic rings. The summed E-state index contributed by atoms with van der Waals surface area (Å²) in [6.45, 7) is 3.87. The highest BCUT2D eigenvalue weighted by molar-refractivity contribution is 7.13. The first-order chi connectivity index (χ1) is 5.36. The molecular weight excluding hydrogens is 152 g/mol. The van der Waals surface area contributed by atoms with E-state index in [4.69, 9.17) is 0 Å². The lowest BCUT2D eigenvalue weighted by Gasteiger charge is -1.77. The summed E-state index contributed by atoms with van der Waals surface area (Å²) in [5.74, 6) is 5.90. The van der Waals surface area contributed by atoms with E-state index in [2.05, 4.69) is 30.0 Å². The van der Waals surface area contributed by atoms with Gasteiger partial charge in [-0.25, -0.2) is 0 Å². The molecule has 0 radical (unpaired) electrons. The van der Waals surface area contributed by atoms with Crippen molar-refractivity contribution < 1.29 is 0 Å². The summed E-state index contributed by atoms with van der Waals surface area (Å²) in [7, 11) is 0. The molecule has 0 amide bonds. The molecule has 56 valence electrons. The minimum absolute atomic E-state index is 1.14. The molecule has 0 nitrogen and oxygen atoms in total. The number of rotatable bonds is 1. The fraction of sp³-hybridized carbons (Fsp3) is 0.200. The smallest absolute Gasteiger partial charge is 0.0774 e. The van der Waals surface area contributed by atoms with Crippen molar-refractivity contribution in [3.63, 3.8) is 0 Å². The molecule has 1 heteroatoms. The van der Waals surface area contributed by atoms with E-state index in [9.17, 15) is 0 Å². The highest BCUT2D eigenvalue weighted by Gasteiger charge is 1.91. The van der Waals surface area contributed by atoms with Crippen molar-refractivity contribution in [3.8, 4) is 11.8 Å². The zero-order valence-electron chi connectivity index (χ0n) is 6.72. The molecule has 0 unspecified atom stereocenters. The Labute approximate surface area is 71.6 Å². The molecule has 0 aliphatic carbocycles. The summed E-state index contributed by atoms with van der Waals surface area (Å²) in [5, 5.41) is 0. The van der Waals surface area contributed by atoms with Crippen LogP contribution in [0.4, 0.5) is 0 Å². The Kier molecular flexibility index (Phi) is 2.95. The fourth-order valence-corrected chi connectivity index (χ4v) is 1.68. The SMILES string of the molecule is CC#Cc1ccc(/C=C/C)s1. The van der Waals surface area contributed by atoms with Gasteiger partial charge in [0.15, 0.2) is 0 Å². The van der Waals surface area contributed by atoms with Crippen LogP contribution >= 0.6 is 11.3 Å². The normalized spacial score (nSPS) is 9.64. The molecule has 0 N–H and O–H groups in total. The number of hydrogen-bond donors (Lipinski definition) is 0. The first kappa shape index (κ1) is 8.10. The molecule has 0 fully saturated rings. The van der Waals surface area contributed by atoms with Crippen LogP contribution < -0.4 is 0 Å². The maximum absolute atomic E-state index is 3.02. The molecule has 0 saturated heterocycles. The molecule has 0 aliphatic heterocycles. The van der Waals surface area contributed by atoms with Gasteiger partial charge >= 0.3 is 0 Å². The van der Waals surface area contributed by atoms with E-state index >= 15 is 0 Å². The average Bonchev–Trinajstić information content (AvgIpc) is 2.38. The first-order valence-electron chi connectivity index (χ1n) is 3.52. The van der Waals surface area contributed by atoms with E-state index in [0.29, 0.717) is 0 Å². The summed E-state index contributed by atoms with van der Waals surface area (Å²) in [6, 6.07) is 4.14. The fourth-order valence-electron chi connectivity index (χ4n) is 0.797. The van der Waals surface area contributed by atoms with Crippen LogP contribution in [0.5, 0.6) is 0 Å². The van der Waals surface area contributed by atoms with Crippen LogP contribution in [0.15, 0.2) is 18.2 Å². The van der Waals surface area contributed by atoms with Gasteiger partial charge in [0, 0.05) is 4.88 Å². The Balaban J connectivity index is 2.87. The lowest BCUT2D eigenvalue weighted by Crippen LogP contribution is -1.54. The average molecular weight is 162 g/mol. The van der Waals surface area contributed by atoms with Crippen molar-refractivity contribution in [1.29, 1.82) is 0 Å². The standard InChI is InChI=1S/C10H10S/c1-3-5-9-7-8-10(11-9)6-4-2/h3,5,7-8H,1-2H3/b5-3+. The van der Waals surface area contributed by atoms with E-state index in [1.54, 1.807) is 11.3 Å². The second kappa shape index (κ2) is 4.00. The molecule has 1 rings (SSSR count). The van der Waals surface area contributed by atoms with Crippen molar-refractivity contribution in [1.82, 2.24) is 0 Å². The molecular formula is C10H10S. The van der Waals surface area contributed by atoms with Crippen LogP contribution in [0.1, 0.15) is 23.6 Å². The molecule has 0 aromatic carbocycles. The molecule has 1 heterocycles. The minimum atomic E-state index is 1.14. The van der Waals surface area contributed by atoms with Crippen molar-refractivity contribution in [2.45, 2.75) is 13.8 Å². The lowest BCUT2D eigenvalue weighted by molar-refractivity contribution is 1.78. The van der Waals surface area contributed by atoms with Gasteiger partial charge in [-0.3, -0.25) is 0 Å². The van der Waals surface area contributed by atoms with Gasteiger partial charge in [-0.2, -0.15) is 0 Å². The third-order valence-corrected chi connectivity index (χ3v) is 2.17. The van der Waals surface area contributed by atoms with Crippen LogP contribution in [-0.4, -0.2) is 0 Å². The van der Waals surface area contributed by atoms with Crippen LogP contribution in [-0.2, 0) is 0 Å². The number of hydrogen-bond acceptors (Lipinski definition) is 1. The van der Waals surface area contributed by atoms with Crippen LogP contribution in [0.25, 0.3) is 6.08 Å². The summed E-state index contributed by atoms with van der Waals surface area (Å²) in [4.78, 5) is 2.41. The molecule has 0 bridgehead atoms. The largest absolute Gasteiger partial charge is 0.127 e. The Morgan fingerprint density at radius 1 is 1.45 bits per heavy atom. The van der Waals surface area contributed by atoms with Crippen LogP contribution in [0, 0.1) is 11.8 Å². The number of allylic oxidation sites excluding steroid dienone is 1. The van der Waals surface area contributed by atoms with Gasteiger partial charge < -0.3 is 0 Å². The predicted molar refractivity (Wildman–Crippen MR) is 51.6 cm³/mol. The van der Waals surface area contributed by atoms with Crippen LogP contribution in [0.3, 0.4) is 0 Å². The van der Waals surface area contributed by atoms with E-state index in [-0.39, 0.29) is 0 Å². The third kappa shape index (κ3) is 2.25. The molecule has 11 heavy (non-hydrogen) atoms. The quantitative estimate of drug-likeness (QED) is 0.556. The zero-order chi connectivity index (χ0) is 8.10. The highest BCUT2D eigenvalue weighted by atomic mass is 32.1. The second-order valence-corrected chi connectivity index (χ2v) is 3.19. The number of thiophene rings is 1. The predicted octanol–water partition coefficient (Wildman–Crippen LogP) is 3.15. The lowest BCUT2D eigenvalue weighted by atomic mass is 10.4. The van der Waals surface area contributed by atoms with Crippen LogP contribution in [0.2, 0.25) is 0 Å². The van der Waals surface area contributed by atoms with E-state index < -0.39 is 0 Å². The maximum Gasteiger partial charge on any atom is 0.0774 e. The van der Waals surface area contributed by atoms with E-state index in [1.165, 1.54) is 4.88 Å². The second-order valence-electron chi connectivity index (χ2n) is 2.08. The van der Waals surface area contributed by atoms with Gasteiger partial charge in [0.1, 0.15) is 0 Å². The van der Waals surface area contributed by atoms with Gasteiger partial charge in [-0.05, 0) is 32.1 Å². The van der Waals surface area contributed by atoms with Crippen molar-refractivity contribution in [2.24, 2.45) is 0 Å². The third-order valence-electron chi connectivity index (χ3n) is 1.21. The van der Waals surface area contributed by atoms with Crippen molar-refractivity contribution >= 4 is 17.4 Å². The van der Waals surface area contributed by atoms with E-state index in [0.717, 1.165) is 4.88 Å². The summed E-state index contributed by atoms with van der Waals surface area (Å²) in [6.07, 6.45) is 4.13. The molecule has 0 spiro atoms. The summed E-state index contributed by atoms with van der Waals surface area (Å²) >= 11 is 1.72. The topological polar surface area (TPSA) is 0 Å². The Morgan fingerprint density at radius 3 is 2.91 bits per heavy atom. The zero-order valence-corrected chi connectivity index (χ0v) is 7.53. The molecule has 0 aliphatic rings.